The number of hydrogen-bond donors (Lipinski definition) is 2. The zero-order valence-corrected chi connectivity index (χ0v) is 12.0. The number of nitrogens with one attached hydrogen (secondary N) is 1. The van der Waals surface area contributed by atoms with Gasteiger partial charge in [-0.1, -0.05) is 13.8 Å². The van der Waals surface area contributed by atoms with Crippen molar-refractivity contribution in [3.63, 3.8) is 0 Å². The second-order valence-corrected chi connectivity index (χ2v) is 5.81. The van der Waals surface area contributed by atoms with Crippen LogP contribution in [0.5, 0.6) is 0 Å². The molecule has 0 aromatic heterocycles. The van der Waals surface area contributed by atoms with E-state index in [4.69, 9.17) is 5.11 Å². The van der Waals surface area contributed by atoms with Crippen molar-refractivity contribution >= 4 is 5.91 Å². The fourth-order valence-electron chi connectivity index (χ4n) is 2.32. The first-order chi connectivity index (χ1) is 8.54. The number of aliphatic hydroxyl groups is 1. The van der Waals surface area contributed by atoms with E-state index in [1.807, 2.05) is 6.92 Å². The molecular formula is C14H28N2O2. The van der Waals surface area contributed by atoms with Crippen molar-refractivity contribution in [1.82, 2.24) is 10.2 Å². The number of likely N-dealkylation sites (tertiary alicyclic amines) is 1. The molecule has 18 heavy (non-hydrogen) atoms. The van der Waals surface area contributed by atoms with E-state index < -0.39 is 0 Å². The van der Waals surface area contributed by atoms with Crippen LogP contribution in [0.4, 0.5) is 0 Å². The second kappa shape index (κ2) is 7.74. The van der Waals surface area contributed by atoms with Crippen LogP contribution in [0.15, 0.2) is 0 Å². The van der Waals surface area contributed by atoms with Gasteiger partial charge in [0.1, 0.15) is 0 Å². The highest BCUT2D eigenvalue weighted by Crippen LogP contribution is 2.18. The average molecular weight is 256 g/mol. The predicted molar refractivity (Wildman–Crippen MR) is 73.3 cm³/mol. The van der Waals surface area contributed by atoms with Crippen molar-refractivity contribution in [2.75, 3.05) is 26.2 Å². The molecule has 1 aliphatic heterocycles. The number of aliphatic hydroxyl groups excluding tert-OH is 1. The van der Waals surface area contributed by atoms with Crippen molar-refractivity contribution < 1.29 is 9.90 Å². The lowest BCUT2D eigenvalue weighted by molar-refractivity contribution is -0.126. The molecule has 1 aliphatic rings. The molecule has 0 bridgehead atoms. The Morgan fingerprint density at radius 2 is 1.94 bits per heavy atom. The van der Waals surface area contributed by atoms with E-state index in [9.17, 15) is 4.79 Å². The van der Waals surface area contributed by atoms with Crippen LogP contribution in [-0.4, -0.2) is 48.2 Å². The van der Waals surface area contributed by atoms with Gasteiger partial charge in [-0.2, -0.15) is 0 Å². The highest BCUT2D eigenvalue weighted by Gasteiger charge is 2.25. The number of nitrogens with zero attached hydrogens (tertiary/aromatic N) is 1. The summed E-state index contributed by atoms with van der Waals surface area (Å²) < 4.78 is 0. The molecule has 1 atom stereocenters. The molecule has 2 N–H and O–H groups in total. The topological polar surface area (TPSA) is 52.6 Å². The van der Waals surface area contributed by atoms with Crippen molar-refractivity contribution in [3.8, 4) is 0 Å². The quantitative estimate of drug-likeness (QED) is 0.752. The van der Waals surface area contributed by atoms with Crippen molar-refractivity contribution in [2.45, 2.75) is 46.1 Å². The molecule has 0 aliphatic carbocycles. The van der Waals surface area contributed by atoms with E-state index in [0.29, 0.717) is 11.8 Å². The minimum atomic E-state index is -0.0446. The standard InChI is InChI=1S/C14H28N2O2/c1-11(2)4-7-15-14(18)12(3)16-8-5-13(10-17)6-9-16/h11-13,17H,4-10H2,1-3H3,(H,15,18). The van der Waals surface area contributed by atoms with Crippen LogP contribution in [0.1, 0.15) is 40.0 Å². The summed E-state index contributed by atoms with van der Waals surface area (Å²) in [5.41, 5.74) is 0. The molecule has 1 fully saturated rings. The largest absolute Gasteiger partial charge is 0.396 e. The third kappa shape index (κ3) is 4.94. The summed E-state index contributed by atoms with van der Waals surface area (Å²) in [6.07, 6.45) is 3.03. The summed E-state index contributed by atoms with van der Waals surface area (Å²) in [7, 11) is 0. The monoisotopic (exact) mass is 256 g/mol. The van der Waals surface area contributed by atoms with Crippen LogP contribution >= 0.6 is 0 Å². The minimum absolute atomic E-state index is 0.0446. The molecule has 0 aromatic rings. The van der Waals surface area contributed by atoms with Crippen LogP contribution in [0.3, 0.4) is 0 Å². The predicted octanol–water partition coefficient (Wildman–Crippen LogP) is 1.24. The van der Waals surface area contributed by atoms with Crippen molar-refractivity contribution in [1.29, 1.82) is 0 Å². The number of rotatable bonds is 6. The van der Waals surface area contributed by atoms with Gasteiger partial charge < -0.3 is 10.4 Å². The van der Waals surface area contributed by atoms with E-state index >= 15 is 0 Å². The molecule has 106 valence electrons. The highest BCUT2D eigenvalue weighted by molar-refractivity contribution is 5.81. The van der Waals surface area contributed by atoms with E-state index in [1.54, 1.807) is 0 Å². The van der Waals surface area contributed by atoms with Gasteiger partial charge in [-0.15, -0.1) is 0 Å². The average Bonchev–Trinajstić information content (AvgIpc) is 2.37. The lowest BCUT2D eigenvalue weighted by Gasteiger charge is -2.34. The van der Waals surface area contributed by atoms with E-state index in [0.717, 1.165) is 38.9 Å². The van der Waals surface area contributed by atoms with Crippen LogP contribution in [0, 0.1) is 11.8 Å². The number of amides is 1. The van der Waals surface area contributed by atoms with Gasteiger partial charge in [-0.3, -0.25) is 9.69 Å². The summed E-state index contributed by atoms with van der Waals surface area (Å²) in [6.45, 7) is 9.19. The number of carbonyl (C=O) groups excluding carboxylic acids is 1. The fraction of sp³-hybridized carbons (Fsp3) is 0.929. The maximum atomic E-state index is 12.0. The Morgan fingerprint density at radius 1 is 1.33 bits per heavy atom. The van der Waals surface area contributed by atoms with E-state index in [1.165, 1.54) is 0 Å². The Balaban J connectivity index is 2.26. The van der Waals surface area contributed by atoms with Crippen LogP contribution < -0.4 is 5.32 Å². The molecule has 1 rings (SSSR count). The van der Waals surface area contributed by atoms with E-state index in [2.05, 4.69) is 24.1 Å². The molecular weight excluding hydrogens is 228 g/mol. The van der Waals surface area contributed by atoms with Crippen molar-refractivity contribution in [3.05, 3.63) is 0 Å². The maximum absolute atomic E-state index is 12.0. The lowest BCUT2D eigenvalue weighted by atomic mass is 9.97. The summed E-state index contributed by atoms with van der Waals surface area (Å²) in [6, 6.07) is -0.0446. The Labute approximate surface area is 111 Å². The number of hydrogen-bond acceptors (Lipinski definition) is 3. The number of carbonyl (C=O) groups is 1. The first kappa shape index (κ1) is 15.4. The minimum Gasteiger partial charge on any atom is -0.396 e. The normalized spacial score (nSPS) is 20.1. The number of piperidine rings is 1. The Kier molecular flexibility index (Phi) is 6.65. The van der Waals surface area contributed by atoms with Crippen LogP contribution in [-0.2, 0) is 4.79 Å². The zero-order chi connectivity index (χ0) is 13.5. The van der Waals surface area contributed by atoms with Crippen molar-refractivity contribution in [2.24, 2.45) is 11.8 Å². The molecule has 4 nitrogen and oxygen atoms in total. The van der Waals surface area contributed by atoms with E-state index in [-0.39, 0.29) is 18.6 Å². The van der Waals surface area contributed by atoms with Gasteiger partial charge in [-0.25, -0.2) is 0 Å². The fourth-order valence-corrected chi connectivity index (χ4v) is 2.32. The Morgan fingerprint density at radius 3 is 2.44 bits per heavy atom. The maximum Gasteiger partial charge on any atom is 0.237 e. The molecule has 4 heteroatoms. The van der Waals surface area contributed by atoms with Gasteiger partial charge in [0, 0.05) is 13.2 Å². The van der Waals surface area contributed by atoms with Gasteiger partial charge in [0.15, 0.2) is 0 Å². The third-order valence-electron chi connectivity index (χ3n) is 3.86. The first-order valence-electron chi connectivity index (χ1n) is 7.17. The lowest BCUT2D eigenvalue weighted by Crippen LogP contribution is -2.48. The summed E-state index contributed by atoms with van der Waals surface area (Å²) in [5.74, 6) is 1.19. The van der Waals surface area contributed by atoms with Gasteiger partial charge in [-0.05, 0) is 51.1 Å². The zero-order valence-electron chi connectivity index (χ0n) is 12.0. The van der Waals surface area contributed by atoms with Gasteiger partial charge in [0.25, 0.3) is 0 Å². The first-order valence-corrected chi connectivity index (χ1v) is 7.17. The molecule has 0 radical (unpaired) electrons. The third-order valence-corrected chi connectivity index (χ3v) is 3.86. The molecule has 1 heterocycles. The molecule has 1 unspecified atom stereocenters. The summed E-state index contributed by atoms with van der Waals surface area (Å²) >= 11 is 0. The second-order valence-electron chi connectivity index (χ2n) is 5.81. The smallest absolute Gasteiger partial charge is 0.237 e. The van der Waals surface area contributed by atoms with Crippen LogP contribution in [0.25, 0.3) is 0 Å². The SMILES string of the molecule is CC(C)CCNC(=O)C(C)N1CCC(CO)CC1. The van der Waals surface area contributed by atoms with Gasteiger partial charge in [0.2, 0.25) is 5.91 Å². The molecule has 0 aromatic carbocycles. The van der Waals surface area contributed by atoms with Gasteiger partial charge >= 0.3 is 0 Å². The van der Waals surface area contributed by atoms with Gasteiger partial charge in [0.05, 0.1) is 6.04 Å². The molecule has 1 saturated heterocycles. The molecule has 0 spiro atoms. The summed E-state index contributed by atoms with van der Waals surface area (Å²) in [5, 5.41) is 12.1. The van der Waals surface area contributed by atoms with Crippen LogP contribution in [0.2, 0.25) is 0 Å². The Bertz CT molecular complexity index is 248. The summed E-state index contributed by atoms with van der Waals surface area (Å²) in [4.78, 5) is 14.2. The molecule has 1 amide bonds. The Hall–Kier alpha value is -0.610. The highest BCUT2D eigenvalue weighted by atomic mass is 16.3. The molecule has 0 saturated carbocycles.